The number of carbonyl (C=O) groups is 2. The molecule has 0 aliphatic carbocycles. The Kier molecular flexibility index (Phi) is 5.23. The summed E-state index contributed by atoms with van der Waals surface area (Å²) in [5, 5.41) is 16.1. The second-order valence-corrected chi connectivity index (χ2v) is 5.13. The Labute approximate surface area is 137 Å². The molecule has 122 valence electrons. The molecule has 23 heavy (non-hydrogen) atoms. The van der Waals surface area contributed by atoms with Crippen LogP contribution < -0.4 is 10.1 Å². The van der Waals surface area contributed by atoms with Gasteiger partial charge in [0.05, 0.1) is 23.9 Å². The summed E-state index contributed by atoms with van der Waals surface area (Å²) in [4.78, 5) is 23.7. The lowest BCUT2D eigenvalue weighted by atomic mass is 10.1. The molecule has 0 aliphatic rings. The van der Waals surface area contributed by atoms with E-state index in [1.165, 1.54) is 19.4 Å². The Morgan fingerprint density at radius 3 is 2.74 bits per heavy atom. The van der Waals surface area contributed by atoms with E-state index >= 15 is 0 Å². The van der Waals surface area contributed by atoms with Crippen LogP contribution >= 0.6 is 11.6 Å². The van der Waals surface area contributed by atoms with Crippen molar-refractivity contribution in [3.05, 3.63) is 46.7 Å². The number of nitrogens with zero attached hydrogens (tertiary/aromatic N) is 2. The van der Waals surface area contributed by atoms with Gasteiger partial charge >= 0.3 is 5.97 Å². The summed E-state index contributed by atoms with van der Waals surface area (Å²) in [6.45, 7) is 2.50. The summed E-state index contributed by atoms with van der Waals surface area (Å²) in [7, 11) is 1.46. The number of aromatic nitrogens is 2. The molecule has 0 aliphatic heterocycles. The van der Waals surface area contributed by atoms with Crippen LogP contribution in [-0.4, -0.2) is 33.9 Å². The first-order valence-electron chi connectivity index (χ1n) is 6.85. The highest BCUT2D eigenvalue weighted by Gasteiger charge is 2.24. The van der Waals surface area contributed by atoms with Gasteiger partial charge in [0.2, 0.25) is 0 Å². The third-order valence-electron chi connectivity index (χ3n) is 3.25. The molecule has 2 N–H and O–H groups in total. The molecule has 1 aromatic heterocycles. The fraction of sp³-hybridized carbons (Fsp3) is 0.267. The number of amides is 1. The monoisotopic (exact) mass is 337 g/mol. The molecular formula is C15H16ClN3O4. The minimum atomic E-state index is -1.23. The van der Waals surface area contributed by atoms with Gasteiger partial charge in [-0.1, -0.05) is 17.7 Å². The SMILES string of the molecule is CCn1cc(C(=O)NC(C(=O)O)c2ccc(OC)c(Cl)c2)cn1. The lowest BCUT2D eigenvalue weighted by molar-refractivity contribution is -0.139. The highest BCUT2D eigenvalue weighted by Crippen LogP contribution is 2.27. The van der Waals surface area contributed by atoms with Gasteiger partial charge in [-0.15, -0.1) is 0 Å². The van der Waals surface area contributed by atoms with Crippen molar-refractivity contribution < 1.29 is 19.4 Å². The summed E-state index contributed by atoms with van der Waals surface area (Å²) >= 11 is 6.01. The number of hydrogen-bond acceptors (Lipinski definition) is 4. The standard InChI is InChI=1S/C15H16ClN3O4/c1-3-19-8-10(7-17-19)14(20)18-13(15(21)22)9-4-5-12(23-2)11(16)6-9/h4-8,13H,3H2,1-2H3,(H,18,20)(H,21,22). The molecule has 0 saturated heterocycles. The summed E-state index contributed by atoms with van der Waals surface area (Å²) < 4.78 is 6.61. The number of ether oxygens (including phenoxy) is 1. The number of carboxylic acids is 1. The Bertz CT molecular complexity index is 729. The van der Waals surface area contributed by atoms with E-state index in [-0.39, 0.29) is 10.6 Å². The van der Waals surface area contributed by atoms with Crippen molar-refractivity contribution >= 4 is 23.5 Å². The van der Waals surface area contributed by atoms with E-state index in [0.717, 1.165) is 0 Å². The lowest BCUT2D eigenvalue weighted by Gasteiger charge is -2.15. The van der Waals surface area contributed by atoms with Crippen LogP contribution in [0.15, 0.2) is 30.6 Å². The second-order valence-electron chi connectivity index (χ2n) is 4.72. The molecule has 2 aromatic rings. The van der Waals surface area contributed by atoms with Gasteiger partial charge in [0.1, 0.15) is 5.75 Å². The van der Waals surface area contributed by atoms with Crippen LogP contribution in [0, 0.1) is 0 Å². The van der Waals surface area contributed by atoms with Crippen molar-refractivity contribution in [2.45, 2.75) is 19.5 Å². The zero-order valence-corrected chi connectivity index (χ0v) is 13.4. The summed E-state index contributed by atoms with van der Waals surface area (Å²) in [6.07, 6.45) is 2.94. The van der Waals surface area contributed by atoms with Crippen molar-refractivity contribution in [2.75, 3.05) is 7.11 Å². The Morgan fingerprint density at radius 2 is 2.22 bits per heavy atom. The number of halogens is 1. The van der Waals surface area contributed by atoms with Crippen LogP contribution in [0.4, 0.5) is 0 Å². The normalized spacial score (nSPS) is 11.8. The first kappa shape index (κ1) is 16.8. The predicted molar refractivity (Wildman–Crippen MR) is 83.7 cm³/mol. The van der Waals surface area contributed by atoms with Gasteiger partial charge < -0.3 is 15.2 Å². The van der Waals surface area contributed by atoms with E-state index in [9.17, 15) is 14.7 Å². The summed E-state index contributed by atoms with van der Waals surface area (Å²) in [6, 6.07) is 3.32. The molecule has 0 saturated carbocycles. The van der Waals surface area contributed by atoms with Gasteiger partial charge in [-0.2, -0.15) is 5.10 Å². The Morgan fingerprint density at radius 1 is 1.48 bits per heavy atom. The predicted octanol–water partition coefficient (Wildman–Crippen LogP) is 2.12. The second kappa shape index (κ2) is 7.15. The van der Waals surface area contributed by atoms with Gasteiger partial charge in [0, 0.05) is 12.7 Å². The maximum Gasteiger partial charge on any atom is 0.330 e. The average Bonchev–Trinajstić information content (AvgIpc) is 3.01. The molecule has 0 spiro atoms. The zero-order chi connectivity index (χ0) is 17.0. The van der Waals surface area contributed by atoms with Crippen molar-refractivity contribution in [2.24, 2.45) is 0 Å². The fourth-order valence-electron chi connectivity index (χ4n) is 2.02. The molecule has 7 nitrogen and oxygen atoms in total. The summed E-state index contributed by atoms with van der Waals surface area (Å²) in [5.74, 6) is -1.29. The third kappa shape index (κ3) is 3.81. The molecular weight excluding hydrogens is 322 g/mol. The highest BCUT2D eigenvalue weighted by molar-refractivity contribution is 6.32. The van der Waals surface area contributed by atoms with Gasteiger partial charge in [-0.05, 0) is 24.6 Å². The highest BCUT2D eigenvalue weighted by atomic mass is 35.5. The van der Waals surface area contributed by atoms with Crippen LogP contribution in [0.2, 0.25) is 5.02 Å². The van der Waals surface area contributed by atoms with Crippen LogP contribution in [0.25, 0.3) is 0 Å². The number of rotatable bonds is 6. The number of carboxylic acid groups (broad SMARTS) is 1. The van der Waals surface area contributed by atoms with Crippen LogP contribution in [0.1, 0.15) is 28.9 Å². The van der Waals surface area contributed by atoms with Crippen molar-refractivity contribution in [3.8, 4) is 5.75 Å². The minimum Gasteiger partial charge on any atom is -0.495 e. The van der Waals surface area contributed by atoms with E-state index < -0.39 is 17.9 Å². The van der Waals surface area contributed by atoms with Crippen LogP contribution in [-0.2, 0) is 11.3 Å². The molecule has 0 fully saturated rings. The van der Waals surface area contributed by atoms with E-state index in [2.05, 4.69) is 10.4 Å². The fourth-order valence-corrected chi connectivity index (χ4v) is 2.28. The Hall–Kier alpha value is -2.54. The zero-order valence-electron chi connectivity index (χ0n) is 12.6. The molecule has 0 bridgehead atoms. The smallest absolute Gasteiger partial charge is 0.330 e. The minimum absolute atomic E-state index is 0.268. The maximum absolute atomic E-state index is 12.2. The molecule has 1 heterocycles. The van der Waals surface area contributed by atoms with Gasteiger partial charge in [-0.25, -0.2) is 4.79 Å². The number of aryl methyl sites for hydroxylation is 1. The van der Waals surface area contributed by atoms with E-state index in [0.29, 0.717) is 17.9 Å². The number of benzene rings is 1. The van der Waals surface area contributed by atoms with Gasteiger partial charge in [0.15, 0.2) is 6.04 Å². The van der Waals surface area contributed by atoms with Crippen LogP contribution in [0.5, 0.6) is 5.75 Å². The quantitative estimate of drug-likeness (QED) is 0.842. The topological polar surface area (TPSA) is 93.5 Å². The largest absolute Gasteiger partial charge is 0.495 e. The molecule has 1 unspecified atom stereocenters. The molecule has 0 radical (unpaired) electrons. The number of carbonyl (C=O) groups excluding carboxylic acids is 1. The van der Waals surface area contributed by atoms with E-state index in [1.807, 2.05) is 6.92 Å². The maximum atomic E-state index is 12.2. The number of hydrogen-bond donors (Lipinski definition) is 2. The van der Waals surface area contributed by atoms with Crippen LogP contribution in [0.3, 0.4) is 0 Å². The van der Waals surface area contributed by atoms with E-state index in [1.54, 1.807) is 23.0 Å². The van der Waals surface area contributed by atoms with Crippen molar-refractivity contribution in [3.63, 3.8) is 0 Å². The molecule has 1 atom stereocenters. The average molecular weight is 338 g/mol. The summed E-state index contributed by atoms with van der Waals surface area (Å²) in [5.41, 5.74) is 0.636. The number of aliphatic carboxylic acids is 1. The first-order valence-corrected chi connectivity index (χ1v) is 7.23. The van der Waals surface area contributed by atoms with E-state index in [4.69, 9.17) is 16.3 Å². The van der Waals surface area contributed by atoms with Crippen molar-refractivity contribution in [1.82, 2.24) is 15.1 Å². The van der Waals surface area contributed by atoms with Gasteiger partial charge in [-0.3, -0.25) is 9.48 Å². The lowest BCUT2D eigenvalue weighted by Crippen LogP contribution is -2.33. The first-order chi connectivity index (χ1) is 11.0. The number of nitrogens with one attached hydrogen (secondary N) is 1. The molecule has 2 rings (SSSR count). The Balaban J connectivity index is 2.23. The molecule has 8 heteroatoms. The van der Waals surface area contributed by atoms with Gasteiger partial charge in [0.25, 0.3) is 5.91 Å². The number of methoxy groups -OCH3 is 1. The molecule has 1 aromatic carbocycles. The van der Waals surface area contributed by atoms with Crippen molar-refractivity contribution in [1.29, 1.82) is 0 Å². The molecule has 1 amide bonds. The third-order valence-corrected chi connectivity index (χ3v) is 3.55.